The van der Waals surface area contributed by atoms with E-state index in [0.717, 1.165) is 12.0 Å². The van der Waals surface area contributed by atoms with Crippen LogP contribution in [0.2, 0.25) is 0 Å². The summed E-state index contributed by atoms with van der Waals surface area (Å²) < 4.78 is 14.9. The minimum Gasteiger partial charge on any atom is -0.392 e. The zero-order valence-corrected chi connectivity index (χ0v) is 16.7. The third kappa shape index (κ3) is 3.22. The molecule has 3 aliphatic rings. The van der Waals surface area contributed by atoms with Crippen LogP contribution in [0.1, 0.15) is 42.9 Å². The molecule has 6 heteroatoms. The molecule has 7 atom stereocenters. The maximum atomic E-state index is 14.9. The van der Waals surface area contributed by atoms with Crippen LogP contribution in [-0.2, 0) is 4.79 Å². The Morgan fingerprint density at radius 2 is 2.11 bits per heavy atom. The molecule has 2 heterocycles. The van der Waals surface area contributed by atoms with Crippen LogP contribution in [0.4, 0.5) is 4.39 Å². The van der Waals surface area contributed by atoms with Gasteiger partial charge in [0.05, 0.1) is 11.4 Å². The minimum atomic E-state index is -0.516. The highest BCUT2D eigenvalue weighted by atomic mass is 32.2. The molecule has 0 bridgehead atoms. The molecule has 1 saturated heterocycles. The highest BCUT2D eigenvalue weighted by Gasteiger charge is 2.51. The van der Waals surface area contributed by atoms with Crippen molar-refractivity contribution in [3.63, 3.8) is 0 Å². The lowest BCUT2D eigenvalue weighted by molar-refractivity contribution is -0.126. The van der Waals surface area contributed by atoms with Crippen LogP contribution in [0.15, 0.2) is 29.7 Å². The van der Waals surface area contributed by atoms with Crippen LogP contribution < -0.4 is 5.32 Å². The molecule has 146 valence electrons. The average Bonchev–Trinajstić information content (AvgIpc) is 3.12. The van der Waals surface area contributed by atoms with Gasteiger partial charge >= 0.3 is 0 Å². The Morgan fingerprint density at radius 1 is 1.33 bits per heavy atom. The summed E-state index contributed by atoms with van der Waals surface area (Å²) in [5.74, 6) is -0.113. The smallest absolute Gasteiger partial charge is 0.234 e. The van der Waals surface area contributed by atoms with Gasteiger partial charge in [-0.15, -0.1) is 11.8 Å². The highest BCUT2D eigenvalue weighted by Crippen LogP contribution is 2.50. The summed E-state index contributed by atoms with van der Waals surface area (Å²) in [6.07, 6.45) is 2.99. The van der Waals surface area contributed by atoms with Crippen molar-refractivity contribution >= 4 is 17.7 Å². The van der Waals surface area contributed by atoms with Crippen molar-refractivity contribution in [3.8, 4) is 0 Å². The number of carbonyl (C=O) groups excluding carboxylic acids is 1. The number of carbonyl (C=O) groups is 1. The summed E-state index contributed by atoms with van der Waals surface area (Å²) in [6.45, 7) is 1.98. The average molecular weight is 391 g/mol. The Balaban J connectivity index is 1.70. The Bertz CT molecular complexity index is 769. The fourth-order valence-electron chi connectivity index (χ4n) is 4.96. The fourth-order valence-corrected chi connectivity index (χ4v) is 6.05. The van der Waals surface area contributed by atoms with E-state index in [1.54, 1.807) is 17.8 Å². The van der Waals surface area contributed by atoms with Gasteiger partial charge in [-0.3, -0.25) is 4.79 Å². The van der Waals surface area contributed by atoms with E-state index in [-0.39, 0.29) is 46.8 Å². The number of hydrogen-bond acceptors (Lipinski definition) is 4. The Labute approximate surface area is 164 Å². The summed E-state index contributed by atoms with van der Waals surface area (Å²) in [4.78, 5) is 14.4. The Kier molecular flexibility index (Phi) is 5.08. The third-order valence-corrected chi connectivity index (χ3v) is 7.74. The van der Waals surface area contributed by atoms with Gasteiger partial charge in [0.15, 0.2) is 0 Å². The Hall–Kier alpha value is -1.37. The molecule has 2 N–H and O–H groups in total. The number of allylic oxidation sites excluding steroid dienone is 1. The number of fused-ring (bicyclic) bond motifs is 3. The highest BCUT2D eigenvalue weighted by molar-refractivity contribution is 8.03. The van der Waals surface area contributed by atoms with Gasteiger partial charge in [-0.25, -0.2) is 4.39 Å². The molecule has 1 saturated carbocycles. The zero-order valence-electron chi connectivity index (χ0n) is 15.9. The topological polar surface area (TPSA) is 52.6 Å². The number of nitrogens with one attached hydrogen (secondary N) is 1. The minimum absolute atomic E-state index is 0.0180. The number of amides is 1. The number of hydrogen-bond donors (Lipinski definition) is 2. The summed E-state index contributed by atoms with van der Waals surface area (Å²) >= 11 is 1.55. The number of halogens is 1. The Morgan fingerprint density at radius 3 is 2.81 bits per heavy atom. The zero-order chi connectivity index (χ0) is 19.3. The first-order valence-electron chi connectivity index (χ1n) is 9.65. The van der Waals surface area contributed by atoms with Gasteiger partial charge in [-0.1, -0.05) is 18.2 Å². The van der Waals surface area contributed by atoms with E-state index in [1.165, 1.54) is 0 Å². The molecule has 1 amide bonds. The third-order valence-electron chi connectivity index (χ3n) is 6.61. The van der Waals surface area contributed by atoms with Gasteiger partial charge < -0.3 is 15.3 Å². The number of aliphatic hydroxyl groups is 1. The van der Waals surface area contributed by atoms with Crippen molar-refractivity contribution in [3.05, 3.63) is 46.6 Å². The van der Waals surface area contributed by atoms with Gasteiger partial charge in [0.25, 0.3) is 0 Å². The SMILES string of the molecule is CC(c1ccc(C2C(O)CCC3NC(=O)C4SC=CC4C32)cc1F)N(C)C. The number of nitrogens with zero attached hydrogens (tertiary/aromatic N) is 1. The van der Waals surface area contributed by atoms with Crippen LogP contribution >= 0.6 is 11.8 Å². The van der Waals surface area contributed by atoms with Crippen molar-refractivity contribution in [1.29, 1.82) is 0 Å². The molecule has 0 aromatic heterocycles. The summed E-state index contributed by atoms with van der Waals surface area (Å²) in [6, 6.07) is 5.44. The van der Waals surface area contributed by atoms with Crippen molar-refractivity contribution in [2.24, 2.45) is 11.8 Å². The van der Waals surface area contributed by atoms with E-state index >= 15 is 0 Å². The molecule has 2 fully saturated rings. The van der Waals surface area contributed by atoms with Crippen molar-refractivity contribution in [2.75, 3.05) is 14.1 Å². The largest absolute Gasteiger partial charge is 0.392 e. The standard InChI is InChI=1S/C21H27FN2O2S/c1-11(24(2)3)13-5-4-12(10-15(13)22)18-17(25)7-6-16-19(18)14-8-9-27-20(14)21(26)23-16/h4-5,8-11,14,16-20,25H,6-7H2,1-3H3,(H,23,26). The van der Waals surface area contributed by atoms with Crippen LogP contribution in [0.25, 0.3) is 0 Å². The van der Waals surface area contributed by atoms with Crippen molar-refractivity contribution < 1.29 is 14.3 Å². The molecule has 2 aliphatic heterocycles. The van der Waals surface area contributed by atoms with E-state index in [0.29, 0.717) is 12.0 Å². The predicted octanol–water partition coefficient (Wildman–Crippen LogP) is 3.05. The van der Waals surface area contributed by atoms with E-state index in [9.17, 15) is 14.3 Å². The lowest BCUT2D eigenvalue weighted by Gasteiger charge is -2.48. The second-order valence-electron chi connectivity index (χ2n) is 8.25. The number of thioether (sulfide) groups is 1. The van der Waals surface area contributed by atoms with Crippen LogP contribution in [-0.4, -0.2) is 47.4 Å². The first-order valence-corrected chi connectivity index (χ1v) is 10.6. The lowest BCUT2D eigenvalue weighted by Crippen LogP contribution is -2.59. The first-order chi connectivity index (χ1) is 12.9. The van der Waals surface area contributed by atoms with Crippen LogP contribution in [0.5, 0.6) is 0 Å². The monoisotopic (exact) mass is 390 g/mol. The first kappa shape index (κ1) is 19.0. The van der Waals surface area contributed by atoms with Gasteiger partial charge in [0, 0.05) is 29.5 Å². The van der Waals surface area contributed by atoms with Crippen LogP contribution in [0.3, 0.4) is 0 Å². The molecule has 0 radical (unpaired) electrons. The molecule has 27 heavy (non-hydrogen) atoms. The number of rotatable bonds is 3. The normalized spacial score (nSPS) is 36.3. The molecule has 4 rings (SSSR count). The molecule has 1 aromatic rings. The molecule has 1 aliphatic carbocycles. The summed E-state index contributed by atoms with van der Waals surface area (Å²) in [5.41, 5.74) is 1.50. The van der Waals surface area contributed by atoms with Crippen molar-refractivity contribution in [1.82, 2.24) is 10.2 Å². The van der Waals surface area contributed by atoms with Crippen molar-refractivity contribution in [2.45, 2.75) is 49.1 Å². The van der Waals surface area contributed by atoms with E-state index in [4.69, 9.17) is 0 Å². The van der Waals surface area contributed by atoms with Gasteiger partial charge in [0.2, 0.25) is 5.91 Å². The molecular formula is C21H27FN2O2S. The second-order valence-corrected chi connectivity index (χ2v) is 9.30. The van der Waals surface area contributed by atoms with Gasteiger partial charge in [-0.05, 0) is 56.8 Å². The lowest BCUT2D eigenvalue weighted by atomic mass is 9.63. The van der Waals surface area contributed by atoms with E-state index in [1.807, 2.05) is 43.5 Å². The van der Waals surface area contributed by atoms with E-state index in [2.05, 4.69) is 11.4 Å². The number of piperidine rings is 1. The predicted molar refractivity (Wildman–Crippen MR) is 106 cm³/mol. The van der Waals surface area contributed by atoms with Gasteiger partial charge in [0.1, 0.15) is 5.82 Å². The second kappa shape index (κ2) is 7.22. The maximum absolute atomic E-state index is 14.9. The van der Waals surface area contributed by atoms with Crippen LogP contribution in [0, 0.1) is 17.7 Å². The maximum Gasteiger partial charge on any atom is 0.234 e. The number of benzene rings is 1. The molecule has 4 nitrogen and oxygen atoms in total. The molecule has 0 spiro atoms. The number of aliphatic hydroxyl groups excluding tert-OH is 1. The molecular weight excluding hydrogens is 363 g/mol. The van der Waals surface area contributed by atoms with E-state index < -0.39 is 6.10 Å². The summed E-state index contributed by atoms with van der Waals surface area (Å²) in [7, 11) is 3.87. The fraction of sp³-hybridized carbons (Fsp3) is 0.571. The molecule has 1 aromatic carbocycles. The quantitative estimate of drug-likeness (QED) is 0.833. The molecule has 7 unspecified atom stereocenters. The van der Waals surface area contributed by atoms with Gasteiger partial charge in [-0.2, -0.15) is 0 Å². The summed E-state index contributed by atoms with van der Waals surface area (Å²) in [5, 5.41) is 15.9.